The van der Waals surface area contributed by atoms with Crippen molar-refractivity contribution in [3.05, 3.63) is 29.8 Å². The van der Waals surface area contributed by atoms with Gasteiger partial charge in [-0.2, -0.15) is 0 Å². The van der Waals surface area contributed by atoms with Crippen LogP contribution in [0, 0.1) is 0 Å². The Morgan fingerprint density at radius 1 is 1.14 bits per heavy atom. The molecule has 0 amide bonds. The highest BCUT2D eigenvalue weighted by atomic mass is 16.3. The monoisotopic (exact) mass is 291 g/mol. The van der Waals surface area contributed by atoms with Crippen molar-refractivity contribution < 1.29 is 5.11 Å². The summed E-state index contributed by atoms with van der Waals surface area (Å²) in [4.78, 5) is 7.23. The molecule has 1 N–H and O–H groups in total. The Morgan fingerprint density at radius 2 is 1.86 bits per heavy atom. The number of hydrogen-bond donors (Lipinski definition) is 1. The molecule has 4 nitrogen and oxygen atoms in total. The van der Waals surface area contributed by atoms with Gasteiger partial charge >= 0.3 is 0 Å². The van der Waals surface area contributed by atoms with E-state index >= 15 is 0 Å². The average Bonchev–Trinajstić information content (AvgIpc) is 2.49. The van der Waals surface area contributed by atoms with Gasteiger partial charge in [0.25, 0.3) is 0 Å². The van der Waals surface area contributed by atoms with E-state index in [0.29, 0.717) is 0 Å². The van der Waals surface area contributed by atoms with E-state index in [4.69, 9.17) is 5.11 Å². The van der Waals surface area contributed by atoms with Crippen molar-refractivity contribution in [3.8, 4) is 0 Å². The van der Waals surface area contributed by atoms with E-state index in [-0.39, 0.29) is 6.61 Å². The van der Waals surface area contributed by atoms with Gasteiger partial charge in [0.05, 0.1) is 6.61 Å². The standard InChI is InChI=1S/C17H29N3O/c1-3-8-19-9-11-20(12-10-19)17-7-5-4-6-16(17)15-18(2)13-14-21/h4-7,21H,3,8-15H2,1-2H3. The number of aliphatic hydroxyl groups excluding tert-OH is 1. The van der Waals surface area contributed by atoms with Gasteiger partial charge in [0.2, 0.25) is 0 Å². The van der Waals surface area contributed by atoms with Crippen LogP contribution in [0.25, 0.3) is 0 Å². The first-order chi connectivity index (χ1) is 10.2. The summed E-state index contributed by atoms with van der Waals surface area (Å²) in [5, 5.41) is 9.05. The quantitative estimate of drug-likeness (QED) is 0.827. The maximum Gasteiger partial charge on any atom is 0.0558 e. The van der Waals surface area contributed by atoms with Gasteiger partial charge in [0.15, 0.2) is 0 Å². The summed E-state index contributed by atoms with van der Waals surface area (Å²) < 4.78 is 0. The second kappa shape index (κ2) is 8.37. The van der Waals surface area contributed by atoms with E-state index in [2.05, 4.69) is 52.9 Å². The topological polar surface area (TPSA) is 30.0 Å². The van der Waals surface area contributed by atoms with Crippen LogP contribution in [0.1, 0.15) is 18.9 Å². The van der Waals surface area contributed by atoms with E-state index in [1.165, 1.54) is 24.2 Å². The van der Waals surface area contributed by atoms with Crippen LogP contribution in [-0.2, 0) is 6.54 Å². The molecule has 1 fully saturated rings. The van der Waals surface area contributed by atoms with E-state index < -0.39 is 0 Å². The fourth-order valence-corrected chi connectivity index (χ4v) is 3.02. The third-order valence-electron chi connectivity index (χ3n) is 4.17. The molecule has 4 heteroatoms. The Labute approximate surface area is 129 Å². The van der Waals surface area contributed by atoms with Crippen molar-refractivity contribution in [3.63, 3.8) is 0 Å². The summed E-state index contributed by atoms with van der Waals surface area (Å²) >= 11 is 0. The number of aliphatic hydroxyl groups is 1. The molecule has 0 spiro atoms. The Morgan fingerprint density at radius 3 is 2.52 bits per heavy atom. The van der Waals surface area contributed by atoms with Crippen LogP contribution in [-0.4, -0.2) is 67.8 Å². The summed E-state index contributed by atoms with van der Waals surface area (Å²) in [5.74, 6) is 0. The maximum atomic E-state index is 9.05. The zero-order chi connectivity index (χ0) is 15.1. The number of benzene rings is 1. The second-order valence-corrected chi connectivity index (χ2v) is 5.92. The van der Waals surface area contributed by atoms with Crippen molar-refractivity contribution in [1.29, 1.82) is 0 Å². The van der Waals surface area contributed by atoms with E-state index in [1.54, 1.807) is 0 Å². The molecule has 1 heterocycles. The lowest BCUT2D eigenvalue weighted by Crippen LogP contribution is -2.46. The molecule has 0 bridgehead atoms. The first-order valence-electron chi connectivity index (χ1n) is 8.09. The van der Waals surface area contributed by atoms with E-state index in [9.17, 15) is 0 Å². The lowest BCUT2D eigenvalue weighted by Gasteiger charge is -2.37. The molecule has 0 aromatic heterocycles. The van der Waals surface area contributed by atoms with Gasteiger partial charge in [0, 0.05) is 45.0 Å². The Bertz CT molecular complexity index is 416. The summed E-state index contributed by atoms with van der Waals surface area (Å²) in [6.45, 7) is 9.84. The van der Waals surface area contributed by atoms with Crippen LogP contribution in [0.2, 0.25) is 0 Å². The number of rotatable bonds is 7. The van der Waals surface area contributed by atoms with Crippen molar-refractivity contribution in [2.45, 2.75) is 19.9 Å². The lowest BCUT2D eigenvalue weighted by molar-refractivity contribution is 0.217. The van der Waals surface area contributed by atoms with Crippen LogP contribution in [0.5, 0.6) is 0 Å². The summed E-state index contributed by atoms with van der Waals surface area (Å²) in [7, 11) is 2.06. The predicted molar refractivity (Wildman–Crippen MR) is 88.8 cm³/mol. The molecular weight excluding hydrogens is 262 g/mol. The lowest BCUT2D eigenvalue weighted by atomic mass is 10.1. The molecule has 0 unspecified atom stereocenters. The SMILES string of the molecule is CCCN1CCN(c2ccccc2CN(C)CCO)CC1. The first kappa shape index (κ1) is 16.3. The smallest absolute Gasteiger partial charge is 0.0558 e. The summed E-state index contributed by atoms with van der Waals surface area (Å²) in [5.41, 5.74) is 2.72. The number of likely N-dealkylation sites (N-methyl/N-ethyl adjacent to an activating group) is 1. The largest absolute Gasteiger partial charge is 0.395 e. The second-order valence-electron chi connectivity index (χ2n) is 5.92. The molecule has 1 saturated heterocycles. The third-order valence-corrected chi connectivity index (χ3v) is 4.17. The van der Waals surface area contributed by atoms with Gasteiger partial charge in [-0.25, -0.2) is 0 Å². The highest BCUT2D eigenvalue weighted by Gasteiger charge is 2.18. The van der Waals surface area contributed by atoms with Crippen molar-refractivity contribution in [1.82, 2.24) is 9.80 Å². The third kappa shape index (κ3) is 4.70. The van der Waals surface area contributed by atoms with Crippen LogP contribution in [0.15, 0.2) is 24.3 Å². The van der Waals surface area contributed by atoms with Crippen molar-refractivity contribution in [2.75, 3.05) is 57.8 Å². The highest BCUT2D eigenvalue weighted by molar-refractivity contribution is 5.54. The number of anilines is 1. The normalized spacial score (nSPS) is 16.7. The maximum absolute atomic E-state index is 9.05. The van der Waals surface area contributed by atoms with Gasteiger partial charge in [-0.05, 0) is 31.6 Å². The Hall–Kier alpha value is -1.10. The molecule has 0 atom stereocenters. The molecule has 1 aliphatic rings. The summed E-state index contributed by atoms with van der Waals surface area (Å²) in [6.07, 6.45) is 1.24. The highest BCUT2D eigenvalue weighted by Crippen LogP contribution is 2.23. The van der Waals surface area contributed by atoms with Crippen LogP contribution in [0.4, 0.5) is 5.69 Å². The summed E-state index contributed by atoms with van der Waals surface area (Å²) in [6, 6.07) is 8.68. The van der Waals surface area contributed by atoms with Crippen LogP contribution < -0.4 is 4.90 Å². The zero-order valence-corrected chi connectivity index (χ0v) is 13.5. The number of nitrogens with zero attached hydrogens (tertiary/aromatic N) is 3. The minimum Gasteiger partial charge on any atom is -0.395 e. The number of piperazine rings is 1. The average molecular weight is 291 g/mol. The fraction of sp³-hybridized carbons (Fsp3) is 0.647. The van der Waals surface area contributed by atoms with E-state index in [0.717, 1.165) is 39.3 Å². The first-order valence-corrected chi connectivity index (χ1v) is 8.09. The van der Waals surface area contributed by atoms with Crippen molar-refractivity contribution in [2.24, 2.45) is 0 Å². The molecule has 1 aromatic rings. The molecule has 2 rings (SSSR count). The van der Waals surface area contributed by atoms with Gasteiger partial charge in [-0.3, -0.25) is 9.80 Å². The minimum absolute atomic E-state index is 0.217. The van der Waals surface area contributed by atoms with Gasteiger partial charge < -0.3 is 10.0 Å². The Kier molecular flexibility index (Phi) is 6.49. The predicted octanol–water partition coefficient (Wildman–Crippen LogP) is 1.64. The fourth-order valence-electron chi connectivity index (χ4n) is 3.02. The van der Waals surface area contributed by atoms with Gasteiger partial charge in [-0.15, -0.1) is 0 Å². The molecule has 1 aliphatic heterocycles. The molecule has 21 heavy (non-hydrogen) atoms. The molecule has 0 saturated carbocycles. The number of hydrogen-bond acceptors (Lipinski definition) is 4. The molecule has 0 radical (unpaired) electrons. The molecule has 0 aliphatic carbocycles. The Balaban J connectivity index is 2.00. The molecular formula is C17H29N3O. The van der Waals surface area contributed by atoms with Crippen LogP contribution >= 0.6 is 0 Å². The molecule has 1 aromatic carbocycles. The zero-order valence-electron chi connectivity index (χ0n) is 13.5. The molecule has 118 valence electrons. The van der Waals surface area contributed by atoms with Crippen molar-refractivity contribution >= 4 is 5.69 Å². The minimum atomic E-state index is 0.217. The number of para-hydroxylation sites is 1. The van der Waals surface area contributed by atoms with Gasteiger partial charge in [-0.1, -0.05) is 25.1 Å². The van der Waals surface area contributed by atoms with Gasteiger partial charge in [0.1, 0.15) is 0 Å². The van der Waals surface area contributed by atoms with E-state index in [1.807, 2.05) is 0 Å². The van der Waals surface area contributed by atoms with Crippen LogP contribution in [0.3, 0.4) is 0 Å².